The largest absolute Gasteiger partial charge is 0.474 e. The maximum absolute atomic E-state index is 12.9. The van der Waals surface area contributed by atoms with Crippen molar-refractivity contribution in [1.29, 1.82) is 0 Å². The number of amides is 2. The van der Waals surface area contributed by atoms with Gasteiger partial charge in [0.25, 0.3) is 11.8 Å². The number of ether oxygens (including phenoxy) is 1. The number of hydrogen-bond donors (Lipinski definition) is 1. The standard InChI is InChI=1S/C23H20ClN3O3/c1-15(25-21(28)16-7-9-18(24)10-8-16)19-11-12-20-22(26-19)30-14-13-27(20)23(29)17-5-3-2-4-6-17/h2-12,15H,13-14H2,1H3,(H,25,28)/t15-/m1/s1. The molecule has 0 bridgehead atoms. The molecule has 0 saturated carbocycles. The number of aromatic nitrogens is 1. The van der Waals surface area contributed by atoms with Crippen LogP contribution in [-0.2, 0) is 0 Å². The number of nitrogens with one attached hydrogen (secondary N) is 1. The Bertz CT molecular complexity index is 1070. The quantitative estimate of drug-likeness (QED) is 0.683. The number of anilines is 1. The van der Waals surface area contributed by atoms with E-state index in [9.17, 15) is 9.59 Å². The van der Waals surface area contributed by atoms with Crippen molar-refractivity contribution < 1.29 is 14.3 Å². The Balaban J connectivity index is 1.52. The van der Waals surface area contributed by atoms with Crippen LogP contribution >= 0.6 is 11.6 Å². The van der Waals surface area contributed by atoms with E-state index in [4.69, 9.17) is 16.3 Å². The van der Waals surface area contributed by atoms with Gasteiger partial charge < -0.3 is 15.0 Å². The number of carbonyl (C=O) groups excluding carboxylic acids is 2. The number of nitrogens with zero attached hydrogens (tertiary/aromatic N) is 2. The third kappa shape index (κ3) is 4.14. The van der Waals surface area contributed by atoms with Gasteiger partial charge >= 0.3 is 0 Å². The first-order valence-corrected chi connectivity index (χ1v) is 9.98. The van der Waals surface area contributed by atoms with Gasteiger partial charge in [0.1, 0.15) is 12.3 Å². The van der Waals surface area contributed by atoms with Gasteiger partial charge in [0.05, 0.1) is 18.3 Å². The zero-order valence-electron chi connectivity index (χ0n) is 16.3. The molecule has 152 valence electrons. The van der Waals surface area contributed by atoms with Crippen LogP contribution in [0.1, 0.15) is 39.4 Å². The van der Waals surface area contributed by atoms with E-state index >= 15 is 0 Å². The summed E-state index contributed by atoms with van der Waals surface area (Å²) in [5, 5.41) is 3.49. The van der Waals surface area contributed by atoms with Gasteiger partial charge in [-0.25, -0.2) is 4.98 Å². The first-order valence-electron chi connectivity index (χ1n) is 9.60. The molecule has 1 aromatic heterocycles. The molecule has 1 atom stereocenters. The van der Waals surface area contributed by atoms with E-state index in [1.165, 1.54) is 0 Å². The van der Waals surface area contributed by atoms with E-state index in [-0.39, 0.29) is 17.9 Å². The smallest absolute Gasteiger partial charge is 0.258 e. The molecule has 0 saturated heterocycles. The van der Waals surface area contributed by atoms with Crippen LogP contribution in [0.5, 0.6) is 5.88 Å². The Labute approximate surface area is 179 Å². The highest BCUT2D eigenvalue weighted by Crippen LogP contribution is 2.32. The predicted molar refractivity (Wildman–Crippen MR) is 115 cm³/mol. The summed E-state index contributed by atoms with van der Waals surface area (Å²) in [6.45, 7) is 2.65. The molecule has 0 spiro atoms. The molecule has 0 fully saturated rings. The van der Waals surface area contributed by atoms with E-state index in [0.717, 1.165) is 0 Å². The first kappa shape index (κ1) is 19.9. The molecule has 7 heteroatoms. The summed E-state index contributed by atoms with van der Waals surface area (Å²) in [5.41, 5.74) is 2.39. The van der Waals surface area contributed by atoms with Crippen LogP contribution in [0.15, 0.2) is 66.7 Å². The van der Waals surface area contributed by atoms with Gasteiger partial charge in [-0.3, -0.25) is 9.59 Å². The lowest BCUT2D eigenvalue weighted by Crippen LogP contribution is -2.38. The normalized spacial score (nSPS) is 13.7. The molecular formula is C23H20ClN3O3. The Kier molecular flexibility index (Phi) is 5.68. The van der Waals surface area contributed by atoms with Crippen molar-refractivity contribution in [1.82, 2.24) is 10.3 Å². The molecule has 1 aliphatic rings. The van der Waals surface area contributed by atoms with Crippen molar-refractivity contribution in [2.24, 2.45) is 0 Å². The predicted octanol–water partition coefficient (Wildman–Crippen LogP) is 4.27. The topological polar surface area (TPSA) is 71.5 Å². The van der Waals surface area contributed by atoms with Gasteiger partial charge in [0.15, 0.2) is 0 Å². The molecule has 1 N–H and O–H groups in total. The summed E-state index contributed by atoms with van der Waals surface area (Å²) >= 11 is 5.87. The van der Waals surface area contributed by atoms with Crippen LogP contribution < -0.4 is 15.0 Å². The summed E-state index contributed by atoms with van der Waals surface area (Å²) in [7, 11) is 0. The Hall–Kier alpha value is -3.38. The van der Waals surface area contributed by atoms with Gasteiger partial charge in [-0.05, 0) is 55.5 Å². The number of hydrogen-bond acceptors (Lipinski definition) is 4. The van der Waals surface area contributed by atoms with Crippen molar-refractivity contribution in [2.45, 2.75) is 13.0 Å². The van der Waals surface area contributed by atoms with Gasteiger partial charge in [0.2, 0.25) is 5.88 Å². The van der Waals surface area contributed by atoms with Gasteiger partial charge in [-0.2, -0.15) is 0 Å². The summed E-state index contributed by atoms with van der Waals surface area (Å²) in [4.78, 5) is 31.6. The van der Waals surface area contributed by atoms with E-state index in [1.54, 1.807) is 47.4 Å². The molecule has 30 heavy (non-hydrogen) atoms. The van der Waals surface area contributed by atoms with Crippen molar-refractivity contribution in [3.8, 4) is 5.88 Å². The zero-order valence-corrected chi connectivity index (χ0v) is 17.1. The zero-order chi connectivity index (χ0) is 21.1. The highest BCUT2D eigenvalue weighted by molar-refractivity contribution is 6.30. The fourth-order valence-corrected chi connectivity index (χ4v) is 3.38. The Morgan fingerprint density at radius 1 is 1.03 bits per heavy atom. The highest BCUT2D eigenvalue weighted by atomic mass is 35.5. The molecule has 0 aliphatic carbocycles. The van der Waals surface area contributed by atoms with Crippen LogP contribution in [0.2, 0.25) is 5.02 Å². The first-order chi connectivity index (χ1) is 14.5. The second-order valence-corrected chi connectivity index (χ2v) is 7.37. The Morgan fingerprint density at radius 2 is 1.77 bits per heavy atom. The van der Waals surface area contributed by atoms with Crippen LogP contribution in [-0.4, -0.2) is 29.9 Å². The van der Waals surface area contributed by atoms with Crippen LogP contribution in [0.3, 0.4) is 0 Å². The molecule has 2 amide bonds. The number of halogens is 1. The number of benzene rings is 2. The minimum atomic E-state index is -0.345. The molecule has 4 rings (SSSR count). The molecule has 0 radical (unpaired) electrons. The van der Waals surface area contributed by atoms with E-state index in [2.05, 4.69) is 10.3 Å². The third-order valence-electron chi connectivity index (χ3n) is 4.87. The number of fused-ring (bicyclic) bond motifs is 1. The minimum absolute atomic E-state index is 0.0983. The van der Waals surface area contributed by atoms with Crippen LogP contribution in [0.4, 0.5) is 5.69 Å². The summed E-state index contributed by atoms with van der Waals surface area (Å²) in [5.74, 6) is 0.0647. The lowest BCUT2D eigenvalue weighted by molar-refractivity contribution is 0.0938. The van der Waals surface area contributed by atoms with Gasteiger partial charge in [-0.1, -0.05) is 29.8 Å². The Morgan fingerprint density at radius 3 is 2.50 bits per heavy atom. The van der Waals surface area contributed by atoms with Gasteiger partial charge in [0, 0.05) is 16.1 Å². The summed E-state index contributed by atoms with van der Waals surface area (Å²) in [6, 6.07) is 19.0. The maximum atomic E-state index is 12.9. The lowest BCUT2D eigenvalue weighted by atomic mass is 10.1. The molecule has 6 nitrogen and oxygen atoms in total. The van der Waals surface area contributed by atoms with Crippen LogP contribution in [0, 0.1) is 0 Å². The fraction of sp³-hybridized carbons (Fsp3) is 0.174. The lowest BCUT2D eigenvalue weighted by Gasteiger charge is -2.29. The molecule has 2 aromatic carbocycles. The molecule has 0 unspecified atom stereocenters. The molecule has 1 aliphatic heterocycles. The minimum Gasteiger partial charge on any atom is -0.474 e. The van der Waals surface area contributed by atoms with E-state index in [1.807, 2.05) is 31.2 Å². The van der Waals surface area contributed by atoms with Crippen molar-refractivity contribution in [2.75, 3.05) is 18.1 Å². The number of rotatable bonds is 4. The maximum Gasteiger partial charge on any atom is 0.258 e. The molecule has 3 aromatic rings. The van der Waals surface area contributed by atoms with E-state index < -0.39 is 0 Å². The average molecular weight is 422 g/mol. The summed E-state index contributed by atoms with van der Waals surface area (Å²) in [6.07, 6.45) is 0. The van der Waals surface area contributed by atoms with Gasteiger partial charge in [-0.15, -0.1) is 0 Å². The van der Waals surface area contributed by atoms with Crippen molar-refractivity contribution in [3.63, 3.8) is 0 Å². The van der Waals surface area contributed by atoms with E-state index in [0.29, 0.717) is 46.6 Å². The molecular weight excluding hydrogens is 402 g/mol. The third-order valence-corrected chi connectivity index (χ3v) is 5.12. The number of carbonyl (C=O) groups is 2. The molecule has 2 heterocycles. The van der Waals surface area contributed by atoms with Crippen LogP contribution in [0.25, 0.3) is 0 Å². The number of pyridine rings is 1. The van der Waals surface area contributed by atoms with Crippen molar-refractivity contribution in [3.05, 3.63) is 88.6 Å². The SMILES string of the molecule is C[C@@H](NC(=O)c1ccc(Cl)cc1)c1ccc2c(n1)OCCN2C(=O)c1ccccc1. The average Bonchev–Trinajstić information content (AvgIpc) is 2.78. The summed E-state index contributed by atoms with van der Waals surface area (Å²) < 4.78 is 5.70. The highest BCUT2D eigenvalue weighted by Gasteiger charge is 2.26. The van der Waals surface area contributed by atoms with Crippen molar-refractivity contribution >= 4 is 29.1 Å². The fourth-order valence-electron chi connectivity index (χ4n) is 3.26. The monoisotopic (exact) mass is 421 g/mol. The second-order valence-electron chi connectivity index (χ2n) is 6.93. The second kappa shape index (κ2) is 8.55.